The number of ether oxygens (including phenoxy) is 2. The monoisotopic (exact) mass is 460 g/mol. The van der Waals surface area contributed by atoms with Gasteiger partial charge in [-0.1, -0.05) is 19.8 Å². The minimum Gasteiger partial charge on any atom is -0.465 e. The first-order chi connectivity index (χ1) is 8.19. The summed E-state index contributed by atoms with van der Waals surface area (Å²) in [4.78, 5) is 0. The average molecular weight is 460 g/mol. The molecule has 0 N–H and O–H groups in total. The van der Waals surface area contributed by atoms with Crippen molar-refractivity contribution in [2.45, 2.75) is 32.6 Å². The van der Waals surface area contributed by atoms with Crippen molar-refractivity contribution in [1.82, 2.24) is 0 Å². The van der Waals surface area contributed by atoms with E-state index in [1.165, 1.54) is 24.8 Å². The zero-order valence-corrected chi connectivity index (χ0v) is 14.6. The molecule has 1 aromatic rings. The van der Waals surface area contributed by atoms with E-state index in [1.54, 1.807) is 7.11 Å². The Kier molecular flexibility index (Phi) is 7.77. The number of aryl methyl sites for hydroxylation is 1. The molecule has 2 nitrogen and oxygen atoms in total. The molecule has 1 rings (SSSR count). The van der Waals surface area contributed by atoms with Crippen LogP contribution in [0.25, 0.3) is 0 Å². The normalized spacial score (nSPS) is 10.6. The molecular weight excluding hydrogens is 442 g/mol. The van der Waals surface area contributed by atoms with Crippen molar-refractivity contribution < 1.29 is 9.47 Å². The number of unbranched alkanes of at least 4 members (excludes halogenated alkanes) is 2. The Morgan fingerprint density at radius 3 is 2.29 bits per heavy atom. The zero-order chi connectivity index (χ0) is 12.7. The number of halogens is 2. The van der Waals surface area contributed by atoms with Crippen LogP contribution in [0.15, 0.2) is 12.1 Å². The lowest BCUT2D eigenvalue weighted by Crippen LogP contribution is -2.03. The van der Waals surface area contributed by atoms with Crippen LogP contribution in [-0.2, 0) is 11.2 Å². The van der Waals surface area contributed by atoms with Gasteiger partial charge in [-0.05, 0) is 75.7 Å². The molecule has 0 aromatic heterocycles. The Labute approximate surface area is 131 Å². The van der Waals surface area contributed by atoms with Crippen LogP contribution in [-0.4, -0.2) is 13.9 Å². The predicted octanol–water partition coefficient (Wildman–Crippen LogP) is 4.61. The summed E-state index contributed by atoms with van der Waals surface area (Å²) in [7, 11) is 1.64. The number of hydrogen-bond donors (Lipinski definition) is 0. The minimum atomic E-state index is 0.307. The second-order valence-electron chi connectivity index (χ2n) is 3.90. The largest absolute Gasteiger partial charge is 0.465 e. The summed E-state index contributed by atoms with van der Waals surface area (Å²) in [6.45, 7) is 2.54. The third-order valence-electron chi connectivity index (χ3n) is 2.45. The highest BCUT2D eigenvalue weighted by atomic mass is 127. The van der Waals surface area contributed by atoms with Crippen LogP contribution in [0.4, 0.5) is 0 Å². The van der Waals surface area contributed by atoms with Gasteiger partial charge in [0.1, 0.15) is 5.75 Å². The van der Waals surface area contributed by atoms with Crippen LogP contribution in [0.5, 0.6) is 5.75 Å². The van der Waals surface area contributed by atoms with E-state index in [1.807, 2.05) is 0 Å². The molecule has 96 valence electrons. The van der Waals surface area contributed by atoms with E-state index in [9.17, 15) is 0 Å². The van der Waals surface area contributed by atoms with Gasteiger partial charge >= 0.3 is 0 Å². The lowest BCUT2D eigenvalue weighted by molar-refractivity contribution is 0.0498. The van der Waals surface area contributed by atoms with E-state index in [0.29, 0.717) is 6.79 Å². The SMILES string of the molecule is CCCCCc1cc(I)c(OCOC)c(I)c1. The number of benzene rings is 1. The molecular formula is C13H18I2O2. The Morgan fingerprint density at radius 1 is 1.12 bits per heavy atom. The van der Waals surface area contributed by atoms with Crippen LogP contribution < -0.4 is 4.74 Å². The summed E-state index contributed by atoms with van der Waals surface area (Å²) in [6.07, 6.45) is 4.99. The average Bonchev–Trinajstić information content (AvgIpc) is 2.28. The standard InChI is InChI=1S/C13H18I2O2/c1-3-4-5-6-10-7-11(14)13(12(15)8-10)17-9-16-2/h7-8H,3-6,9H2,1-2H3. The van der Waals surface area contributed by atoms with Crippen LogP contribution in [0.1, 0.15) is 31.7 Å². The summed E-state index contributed by atoms with van der Waals surface area (Å²) >= 11 is 4.65. The van der Waals surface area contributed by atoms with Gasteiger partial charge in [0.05, 0.1) is 7.14 Å². The van der Waals surface area contributed by atoms with Gasteiger partial charge < -0.3 is 9.47 Å². The molecule has 0 atom stereocenters. The number of hydrogen-bond acceptors (Lipinski definition) is 2. The van der Waals surface area contributed by atoms with Crippen molar-refractivity contribution in [2.75, 3.05) is 13.9 Å². The molecule has 0 aliphatic rings. The molecule has 0 fully saturated rings. The molecule has 0 radical (unpaired) electrons. The fourth-order valence-electron chi connectivity index (χ4n) is 1.59. The quantitative estimate of drug-likeness (QED) is 0.336. The summed E-state index contributed by atoms with van der Waals surface area (Å²) < 4.78 is 12.8. The van der Waals surface area contributed by atoms with E-state index in [-0.39, 0.29) is 0 Å². The fourth-order valence-corrected chi connectivity index (χ4v) is 3.80. The van der Waals surface area contributed by atoms with Gasteiger partial charge in [-0.25, -0.2) is 0 Å². The van der Waals surface area contributed by atoms with Crippen molar-refractivity contribution >= 4 is 45.2 Å². The first kappa shape index (κ1) is 15.5. The van der Waals surface area contributed by atoms with Gasteiger partial charge in [-0.3, -0.25) is 0 Å². The van der Waals surface area contributed by atoms with E-state index < -0.39 is 0 Å². The van der Waals surface area contributed by atoms with Crippen LogP contribution >= 0.6 is 45.2 Å². The fraction of sp³-hybridized carbons (Fsp3) is 0.538. The second-order valence-corrected chi connectivity index (χ2v) is 6.22. The maximum Gasteiger partial charge on any atom is 0.188 e. The van der Waals surface area contributed by atoms with Crippen molar-refractivity contribution in [2.24, 2.45) is 0 Å². The van der Waals surface area contributed by atoms with E-state index in [4.69, 9.17) is 9.47 Å². The first-order valence-electron chi connectivity index (χ1n) is 5.78. The molecule has 0 bridgehead atoms. The topological polar surface area (TPSA) is 18.5 Å². The Balaban J connectivity index is 2.71. The molecule has 0 saturated heterocycles. The summed E-state index contributed by atoms with van der Waals surface area (Å²) in [5, 5.41) is 0. The smallest absolute Gasteiger partial charge is 0.188 e. The minimum absolute atomic E-state index is 0.307. The lowest BCUT2D eigenvalue weighted by Gasteiger charge is -2.11. The number of rotatable bonds is 7. The van der Waals surface area contributed by atoms with E-state index >= 15 is 0 Å². The molecule has 0 heterocycles. The van der Waals surface area contributed by atoms with E-state index in [0.717, 1.165) is 19.3 Å². The van der Waals surface area contributed by atoms with Crippen molar-refractivity contribution in [3.8, 4) is 5.75 Å². The first-order valence-corrected chi connectivity index (χ1v) is 7.94. The maximum absolute atomic E-state index is 5.56. The molecule has 0 unspecified atom stereocenters. The van der Waals surface area contributed by atoms with E-state index in [2.05, 4.69) is 64.2 Å². The Morgan fingerprint density at radius 2 is 1.76 bits per heavy atom. The van der Waals surface area contributed by atoms with Gasteiger partial charge in [0, 0.05) is 7.11 Å². The molecule has 0 aliphatic carbocycles. The highest BCUT2D eigenvalue weighted by Gasteiger charge is 2.08. The zero-order valence-electron chi connectivity index (χ0n) is 10.3. The molecule has 0 saturated carbocycles. The Hall–Kier alpha value is 0.440. The van der Waals surface area contributed by atoms with Gasteiger partial charge in [-0.15, -0.1) is 0 Å². The maximum atomic E-state index is 5.56. The second kappa shape index (κ2) is 8.53. The lowest BCUT2D eigenvalue weighted by atomic mass is 10.1. The van der Waals surface area contributed by atoms with Crippen molar-refractivity contribution in [3.05, 3.63) is 24.8 Å². The third-order valence-corrected chi connectivity index (χ3v) is 4.05. The van der Waals surface area contributed by atoms with Gasteiger partial charge in [0.15, 0.2) is 6.79 Å². The van der Waals surface area contributed by atoms with Crippen LogP contribution in [0, 0.1) is 7.14 Å². The summed E-state index contributed by atoms with van der Waals surface area (Å²) in [5.41, 5.74) is 1.40. The van der Waals surface area contributed by atoms with Crippen molar-refractivity contribution in [1.29, 1.82) is 0 Å². The Bertz CT molecular complexity index is 330. The molecule has 4 heteroatoms. The van der Waals surface area contributed by atoms with Crippen molar-refractivity contribution in [3.63, 3.8) is 0 Å². The number of methoxy groups -OCH3 is 1. The molecule has 1 aromatic carbocycles. The third kappa shape index (κ3) is 5.30. The highest BCUT2D eigenvalue weighted by Crippen LogP contribution is 2.29. The summed E-state index contributed by atoms with van der Waals surface area (Å²) in [6, 6.07) is 4.42. The van der Waals surface area contributed by atoms with Gasteiger partial charge in [0.25, 0.3) is 0 Å². The van der Waals surface area contributed by atoms with Gasteiger partial charge in [-0.2, -0.15) is 0 Å². The van der Waals surface area contributed by atoms with Crippen LogP contribution in [0.2, 0.25) is 0 Å². The summed E-state index contributed by atoms with van der Waals surface area (Å²) in [5.74, 6) is 0.937. The van der Waals surface area contributed by atoms with Gasteiger partial charge in [0.2, 0.25) is 0 Å². The molecule has 0 spiro atoms. The highest BCUT2D eigenvalue weighted by molar-refractivity contribution is 14.1. The van der Waals surface area contributed by atoms with Crippen LogP contribution in [0.3, 0.4) is 0 Å². The molecule has 17 heavy (non-hydrogen) atoms. The predicted molar refractivity (Wildman–Crippen MR) is 87.6 cm³/mol. The molecule has 0 aliphatic heterocycles. The molecule has 0 amide bonds.